The second kappa shape index (κ2) is 8.00. The number of hydrogen-bond donors (Lipinski definition) is 1. The van der Waals surface area contributed by atoms with Crippen LogP contribution in [0.3, 0.4) is 0 Å². The fourth-order valence-electron chi connectivity index (χ4n) is 3.66. The number of benzene rings is 3. The normalized spacial score (nSPS) is 13.9. The van der Waals surface area contributed by atoms with Gasteiger partial charge in [-0.05, 0) is 79.4 Å². The Morgan fingerprint density at radius 1 is 0.839 bits per heavy atom. The zero-order chi connectivity index (χ0) is 22.3. The fraction of sp³-hybridized carbons (Fsp3) is 0.120. The van der Waals surface area contributed by atoms with E-state index in [1.807, 2.05) is 32.9 Å². The van der Waals surface area contributed by atoms with Crippen molar-refractivity contribution in [3.8, 4) is 0 Å². The third-order valence-electron chi connectivity index (χ3n) is 5.12. The van der Waals surface area contributed by atoms with Crippen LogP contribution in [0.4, 0.5) is 15.8 Å². The quantitative estimate of drug-likeness (QED) is 0.528. The summed E-state index contributed by atoms with van der Waals surface area (Å²) in [6, 6.07) is 16.4. The van der Waals surface area contributed by atoms with Crippen LogP contribution < -0.4 is 10.2 Å². The van der Waals surface area contributed by atoms with E-state index < -0.39 is 17.6 Å². The van der Waals surface area contributed by atoms with Gasteiger partial charge in [0.15, 0.2) is 0 Å². The maximum Gasteiger partial charge on any atom is 0.282 e. The molecule has 0 bridgehead atoms. The van der Waals surface area contributed by atoms with Crippen molar-refractivity contribution in [2.45, 2.75) is 20.8 Å². The van der Waals surface area contributed by atoms with Crippen LogP contribution in [0, 0.1) is 26.6 Å². The molecule has 31 heavy (non-hydrogen) atoms. The minimum Gasteiger partial charge on any atom is -0.350 e. The van der Waals surface area contributed by atoms with Crippen molar-refractivity contribution in [3.63, 3.8) is 0 Å². The van der Waals surface area contributed by atoms with E-state index in [4.69, 9.17) is 11.6 Å². The number of carbonyl (C=O) groups is 2. The standard InChI is InChI=1S/C25H20ClFN2O2/c1-14-10-15(2)12-20(11-14)29-24(30)22(17-5-7-18(27)8-6-17)23(25(29)31)28-19-9-4-16(3)21(26)13-19/h4-13,28H,1-3H3. The van der Waals surface area contributed by atoms with E-state index in [0.29, 0.717) is 22.0 Å². The Balaban J connectivity index is 1.84. The van der Waals surface area contributed by atoms with Gasteiger partial charge >= 0.3 is 0 Å². The molecule has 3 aromatic rings. The molecule has 6 heteroatoms. The highest BCUT2D eigenvalue weighted by Gasteiger charge is 2.40. The summed E-state index contributed by atoms with van der Waals surface area (Å²) < 4.78 is 13.5. The van der Waals surface area contributed by atoms with Crippen LogP contribution >= 0.6 is 11.6 Å². The third kappa shape index (κ3) is 3.97. The van der Waals surface area contributed by atoms with Gasteiger partial charge in [-0.15, -0.1) is 0 Å². The number of nitrogens with zero attached hydrogens (tertiary/aromatic N) is 1. The molecular weight excluding hydrogens is 415 g/mol. The lowest BCUT2D eigenvalue weighted by atomic mass is 10.0. The number of hydrogen-bond acceptors (Lipinski definition) is 3. The molecule has 0 saturated carbocycles. The van der Waals surface area contributed by atoms with Gasteiger partial charge in [0.05, 0.1) is 11.3 Å². The first kappa shape index (κ1) is 20.8. The largest absolute Gasteiger partial charge is 0.350 e. The van der Waals surface area contributed by atoms with Crippen molar-refractivity contribution in [1.29, 1.82) is 0 Å². The summed E-state index contributed by atoms with van der Waals surface area (Å²) in [5.74, 6) is -1.37. The van der Waals surface area contributed by atoms with Crippen molar-refractivity contribution in [2.24, 2.45) is 0 Å². The van der Waals surface area contributed by atoms with Crippen LogP contribution in [-0.4, -0.2) is 11.8 Å². The van der Waals surface area contributed by atoms with Crippen LogP contribution in [0.2, 0.25) is 5.02 Å². The Labute approximate surface area is 185 Å². The summed E-state index contributed by atoms with van der Waals surface area (Å²) in [7, 11) is 0. The fourth-order valence-corrected chi connectivity index (χ4v) is 3.84. The predicted octanol–water partition coefficient (Wildman–Crippen LogP) is 5.80. The molecule has 0 radical (unpaired) electrons. The van der Waals surface area contributed by atoms with Gasteiger partial charge in [-0.2, -0.15) is 0 Å². The number of nitrogens with one attached hydrogen (secondary N) is 1. The Hall–Kier alpha value is -3.44. The summed E-state index contributed by atoms with van der Waals surface area (Å²) in [6.07, 6.45) is 0. The molecule has 156 valence electrons. The molecule has 0 fully saturated rings. The first-order valence-corrected chi connectivity index (χ1v) is 10.1. The minimum absolute atomic E-state index is 0.121. The topological polar surface area (TPSA) is 49.4 Å². The Morgan fingerprint density at radius 2 is 1.48 bits per heavy atom. The second-order valence-corrected chi connectivity index (χ2v) is 8.04. The minimum atomic E-state index is -0.481. The number of rotatable bonds is 4. The highest BCUT2D eigenvalue weighted by Crippen LogP contribution is 2.35. The summed E-state index contributed by atoms with van der Waals surface area (Å²) >= 11 is 6.23. The first-order chi connectivity index (χ1) is 14.7. The molecule has 0 saturated heterocycles. The predicted molar refractivity (Wildman–Crippen MR) is 122 cm³/mol. The summed E-state index contributed by atoms with van der Waals surface area (Å²) in [4.78, 5) is 28.0. The Morgan fingerprint density at radius 3 is 2.10 bits per heavy atom. The van der Waals surface area contributed by atoms with Crippen molar-refractivity contribution < 1.29 is 14.0 Å². The summed E-state index contributed by atoms with van der Waals surface area (Å²) in [5, 5.41) is 3.61. The van der Waals surface area contributed by atoms with Crippen LogP contribution in [0.1, 0.15) is 22.3 Å². The zero-order valence-corrected chi connectivity index (χ0v) is 18.0. The van der Waals surface area contributed by atoms with Crippen molar-refractivity contribution in [1.82, 2.24) is 0 Å². The molecule has 2 amide bonds. The van der Waals surface area contributed by atoms with Gasteiger partial charge in [0.2, 0.25) is 0 Å². The van der Waals surface area contributed by atoms with Gasteiger partial charge in [0.25, 0.3) is 11.8 Å². The van der Waals surface area contributed by atoms with Crippen molar-refractivity contribution >= 4 is 40.4 Å². The van der Waals surface area contributed by atoms with Crippen LogP contribution in [0.25, 0.3) is 5.57 Å². The Bertz CT molecular complexity index is 1230. The number of carbonyl (C=O) groups excluding carboxylic acids is 2. The highest BCUT2D eigenvalue weighted by atomic mass is 35.5. The summed E-state index contributed by atoms with van der Waals surface area (Å²) in [5.41, 5.74) is 4.59. The van der Waals surface area contributed by atoms with E-state index in [0.717, 1.165) is 21.6 Å². The maximum atomic E-state index is 13.5. The average molecular weight is 435 g/mol. The second-order valence-electron chi connectivity index (χ2n) is 7.64. The molecule has 4 rings (SSSR count). The molecule has 1 aliphatic rings. The number of amides is 2. The molecule has 1 aliphatic heterocycles. The monoisotopic (exact) mass is 434 g/mol. The molecule has 0 unspecified atom stereocenters. The molecule has 0 aromatic heterocycles. The molecule has 1 heterocycles. The number of imide groups is 1. The summed E-state index contributed by atoms with van der Waals surface area (Å²) in [6.45, 7) is 5.69. The molecule has 3 aromatic carbocycles. The molecular formula is C25H20ClFN2O2. The van der Waals surface area contributed by atoms with Gasteiger partial charge in [0, 0.05) is 10.7 Å². The van der Waals surface area contributed by atoms with Gasteiger partial charge in [-0.3, -0.25) is 9.59 Å². The smallest absolute Gasteiger partial charge is 0.282 e. The molecule has 0 atom stereocenters. The van der Waals surface area contributed by atoms with E-state index in [9.17, 15) is 14.0 Å². The third-order valence-corrected chi connectivity index (χ3v) is 5.53. The molecule has 0 spiro atoms. The Kier molecular flexibility index (Phi) is 5.38. The highest BCUT2D eigenvalue weighted by molar-refractivity contribution is 6.46. The van der Waals surface area contributed by atoms with E-state index >= 15 is 0 Å². The van der Waals surface area contributed by atoms with Crippen LogP contribution in [0.5, 0.6) is 0 Å². The lowest BCUT2D eigenvalue weighted by molar-refractivity contribution is -0.120. The van der Waals surface area contributed by atoms with Gasteiger partial charge in [-0.25, -0.2) is 9.29 Å². The van der Waals surface area contributed by atoms with Crippen LogP contribution in [-0.2, 0) is 9.59 Å². The molecule has 4 nitrogen and oxygen atoms in total. The lowest BCUT2D eigenvalue weighted by Gasteiger charge is -2.17. The average Bonchev–Trinajstić information content (AvgIpc) is 2.94. The van der Waals surface area contributed by atoms with E-state index in [1.165, 1.54) is 24.3 Å². The van der Waals surface area contributed by atoms with Gasteiger partial charge < -0.3 is 5.32 Å². The molecule has 0 aliphatic carbocycles. The number of anilines is 2. The van der Waals surface area contributed by atoms with Crippen molar-refractivity contribution in [3.05, 3.63) is 99.5 Å². The van der Waals surface area contributed by atoms with E-state index in [1.54, 1.807) is 24.3 Å². The van der Waals surface area contributed by atoms with Crippen LogP contribution in [0.15, 0.2) is 66.4 Å². The van der Waals surface area contributed by atoms with Crippen molar-refractivity contribution in [2.75, 3.05) is 10.2 Å². The van der Waals surface area contributed by atoms with Gasteiger partial charge in [0.1, 0.15) is 11.5 Å². The van der Waals surface area contributed by atoms with E-state index in [2.05, 4.69) is 5.32 Å². The number of aryl methyl sites for hydroxylation is 3. The first-order valence-electron chi connectivity index (χ1n) is 9.75. The lowest BCUT2D eigenvalue weighted by Crippen LogP contribution is -2.32. The zero-order valence-electron chi connectivity index (χ0n) is 17.3. The maximum absolute atomic E-state index is 13.5. The SMILES string of the molecule is Cc1cc(C)cc(N2C(=O)C(Nc3ccc(C)c(Cl)c3)=C(c3ccc(F)cc3)C2=O)c1. The van der Waals surface area contributed by atoms with Gasteiger partial charge in [-0.1, -0.05) is 35.9 Å². The molecule has 1 N–H and O–H groups in total. The number of halogens is 2. The van der Waals surface area contributed by atoms with E-state index in [-0.39, 0.29) is 11.3 Å².